The Balaban J connectivity index is 1.80. The molecule has 0 saturated heterocycles. The van der Waals surface area contributed by atoms with E-state index in [0.717, 1.165) is 45.6 Å². The highest BCUT2D eigenvalue weighted by atomic mass is 19.1. The first kappa shape index (κ1) is 21.6. The number of carbonyl (C=O) groups excluding carboxylic acids is 1. The number of aromatic nitrogens is 3. The number of hydrogen-bond donors (Lipinski definition) is 1. The highest BCUT2D eigenvalue weighted by Gasteiger charge is 2.49. The lowest BCUT2D eigenvalue weighted by molar-refractivity contribution is -0.118. The third kappa shape index (κ3) is 3.31. The fourth-order valence-corrected chi connectivity index (χ4v) is 5.77. The summed E-state index contributed by atoms with van der Waals surface area (Å²) in [5.41, 5.74) is 5.45. The van der Waals surface area contributed by atoms with Crippen LogP contribution in [0.15, 0.2) is 54.0 Å². The Bertz CT molecular complexity index is 1320. The van der Waals surface area contributed by atoms with Crippen molar-refractivity contribution in [2.24, 2.45) is 12.5 Å². The van der Waals surface area contributed by atoms with E-state index >= 15 is 0 Å². The van der Waals surface area contributed by atoms with Crippen LogP contribution in [-0.2, 0) is 17.3 Å². The number of aryl methyl sites for hydroxylation is 2. The van der Waals surface area contributed by atoms with Gasteiger partial charge in [0.1, 0.15) is 11.6 Å². The Morgan fingerprint density at radius 3 is 2.70 bits per heavy atom. The van der Waals surface area contributed by atoms with Crippen molar-refractivity contribution in [1.29, 1.82) is 0 Å². The number of halogens is 1. The van der Waals surface area contributed by atoms with Gasteiger partial charge in [0.2, 0.25) is 0 Å². The van der Waals surface area contributed by atoms with E-state index in [1.807, 2.05) is 26.2 Å². The molecule has 1 aliphatic heterocycles. The predicted octanol–water partition coefficient (Wildman–Crippen LogP) is 5.69. The van der Waals surface area contributed by atoms with Gasteiger partial charge >= 0.3 is 0 Å². The zero-order valence-electron chi connectivity index (χ0n) is 19.8. The van der Waals surface area contributed by atoms with Crippen LogP contribution >= 0.6 is 0 Å². The molecule has 0 fully saturated rings. The number of fused-ring (bicyclic) bond motifs is 1. The minimum absolute atomic E-state index is 0.119. The molecule has 1 atom stereocenters. The Labute approximate surface area is 193 Å². The van der Waals surface area contributed by atoms with E-state index < -0.39 is 11.2 Å². The molecule has 0 amide bonds. The van der Waals surface area contributed by atoms with Crippen LogP contribution < -0.4 is 5.32 Å². The molecule has 0 spiro atoms. The second-order valence-corrected chi connectivity index (χ2v) is 10.1. The maximum absolute atomic E-state index is 14.5. The van der Waals surface area contributed by atoms with Crippen molar-refractivity contribution >= 4 is 11.6 Å². The molecule has 1 aliphatic carbocycles. The van der Waals surface area contributed by atoms with Crippen LogP contribution in [0.4, 0.5) is 10.2 Å². The predicted molar refractivity (Wildman–Crippen MR) is 127 cm³/mol. The monoisotopic (exact) mass is 444 g/mol. The van der Waals surface area contributed by atoms with Gasteiger partial charge in [-0.15, -0.1) is 0 Å². The molecule has 1 N–H and O–H groups in total. The Hall–Kier alpha value is -3.28. The number of pyridine rings is 1. The standard InChI is InChI=1S/C27H29FN4O/c1-6-27(18-9-7-8-17(10-18)20-15-32(5)31-16(20)2)21-11-19(28)14-29-25(21)30-22-12-26(3,4)13-23(33)24(22)27/h7-11,14-15H,6,12-13H2,1-5H3,(H,29,30)/t27-/m0/s1. The molecule has 0 bridgehead atoms. The van der Waals surface area contributed by atoms with Gasteiger partial charge in [0, 0.05) is 42.1 Å². The normalized spacial score (nSPS) is 21.5. The molecular formula is C27H29FN4O. The van der Waals surface area contributed by atoms with Crippen LogP contribution in [0.5, 0.6) is 0 Å². The molecule has 2 aromatic heterocycles. The number of nitrogens with one attached hydrogen (secondary N) is 1. The van der Waals surface area contributed by atoms with Gasteiger partial charge in [-0.2, -0.15) is 5.10 Å². The first-order valence-electron chi connectivity index (χ1n) is 11.5. The summed E-state index contributed by atoms with van der Waals surface area (Å²) in [6.45, 7) is 8.29. The van der Waals surface area contributed by atoms with Gasteiger partial charge in [0.05, 0.1) is 17.3 Å². The number of ketones is 1. The number of rotatable bonds is 3. The Morgan fingerprint density at radius 1 is 1.21 bits per heavy atom. The molecule has 1 aromatic carbocycles. The number of benzene rings is 1. The van der Waals surface area contributed by atoms with E-state index in [9.17, 15) is 9.18 Å². The van der Waals surface area contributed by atoms with Gasteiger partial charge < -0.3 is 5.32 Å². The molecule has 3 heterocycles. The number of allylic oxidation sites excluding steroid dienone is 2. The van der Waals surface area contributed by atoms with Gasteiger partial charge in [-0.3, -0.25) is 9.48 Å². The molecule has 0 radical (unpaired) electrons. The van der Waals surface area contributed by atoms with Crippen molar-refractivity contribution in [3.05, 3.63) is 76.6 Å². The van der Waals surface area contributed by atoms with Crippen LogP contribution in [0.2, 0.25) is 0 Å². The number of anilines is 1. The lowest BCUT2D eigenvalue weighted by Gasteiger charge is -2.46. The summed E-state index contributed by atoms with van der Waals surface area (Å²) in [4.78, 5) is 18.1. The smallest absolute Gasteiger partial charge is 0.162 e. The average Bonchev–Trinajstić information content (AvgIpc) is 3.09. The molecule has 3 aromatic rings. The molecule has 5 nitrogen and oxygen atoms in total. The molecule has 33 heavy (non-hydrogen) atoms. The zero-order valence-corrected chi connectivity index (χ0v) is 19.8. The highest BCUT2D eigenvalue weighted by Crippen LogP contribution is 2.54. The summed E-state index contributed by atoms with van der Waals surface area (Å²) in [5.74, 6) is 0.346. The molecule has 6 heteroatoms. The van der Waals surface area contributed by atoms with Gasteiger partial charge in [0.25, 0.3) is 0 Å². The minimum Gasteiger partial charge on any atom is -0.343 e. The van der Waals surface area contributed by atoms with Gasteiger partial charge in [0.15, 0.2) is 5.78 Å². The third-order valence-corrected chi connectivity index (χ3v) is 7.10. The largest absolute Gasteiger partial charge is 0.343 e. The van der Waals surface area contributed by atoms with Gasteiger partial charge in [-0.1, -0.05) is 39.0 Å². The fraction of sp³-hybridized carbons (Fsp3) is 0.370. The van der Waals surface area contributed by atoms with Crippen molar-refractivity contribution in [3.8, 4) is 11.1 Å². The molecule has 0 saturated carbocycles. The van der Waals surface area contributed by atoms with E-state index in [1.54, 1.807) is 4.68 Å². The van der Waals surface area contributed by atoms with Crippen LogP contribution in [0.3, 0.4) is 0 Å². The number of hydrogen-bond acceptors (Lipinski definition) is 4. The van der Waals surface area contributed by atoms with Gasteiger partial charge in [-0.05, 0) is 48.4 Å². The van der Waals surface area contributed by atoms with Crippen molar-refractivity contribution in [1.82, 2.24) is 14.8 Å². The number of carbonyl (C=O) groups is 1. The van der Waals surface area contributed by atoms with Crippen molar-refractivity contribution in [3.63, 3.8) is 0 Å². The SMILES string of the molecule is CC[C@@]1(c2cccc(-c3cn(C)nc3C)c2)C2=C(CC(C)(C)CC2=O)Nc2ncc(F)cc21. The number of nitrogens with zero attached hydrogens (tertiary/aromatic N) is 3. The van der Waals surface area contributed by atoms with E-state index in [4.69, 9.17) is 0 Å². The maximum atomic E-state index is 14.5. The van der Waals surface area contributed by atoms with Crippen LogP contribution in [-0.4, -0.2) is 20.5 Å². The fourth-order valence-electron chi connectivity index (χ4n) is 5.77. The van der Waals surface area contributed by atoms with E-state index in [2.05, 4.69) is 54.4 Å². The quantitative estimate of drug-likeness (QED) is 0.563. The lowest BCUT2D eigenvalue weighted by Crippen LogP contribution is -2.43. The molecule has 2 aliphatic rings. The van der Waals surface area contributed by atoms with Crippen LogP contribution in [0.1, 0.15) is 56.9 Å². The van der Waals surface area contributed by atoms with Crippen LogP contribution in [0, 0.1) is 18.2 Å². The van der Waals surface area contributed by atoms with E-state index in [0.29, 0.717) is 18.7 Å². The lowest BCUT2D eigenvalue weighted by atomic mass is 9.59. The molecule has 170 valence electrons. The first-order valence-corrected chi connectivity index (χ1v) is 11.5. The average molecular weight is 445 g/mol. The van der Waals surface area contributed by atoms with Crippen LogP contribution in [0.25, 0.3) is 11.1 Å². The summed E-state index contributed by atoms with van der Waals surface area (Å²) in [7, 11) is 1.91. The second kappa shape index (κ2) is 7.37. The Kier molecular flexibility index (Phi) is 4.82. The topological polar surface area (TPSA) is 59.8 Å². The molecular weight excluding hydrogens is 415 g/mol. The van der Waals surface area contributed by atoms with Gasteiger partial charge in [-0.25, -0.2) is 9.37 Å². The highest BCUT2D eigenvalue weighted by molar-refractivity contribution is 6.03. The second-order valence-electron chi connectivity index (χ2n) is 10.1. The first-order chi connectivity index (χ1) is 15.6. The minimum atomic E-state index is -0.773. The van der Waals surface area contributed by atoms with Crippen molar-refractivity contribution < 1.29 is 9.18 Å². The van der Waals surface area contributed by atoms with Crippen molar-refractivity contribution in [2.45, 2.75) is 52.4 Å². The summed E-state index contributed by atoms with van der Waals surface area (Å²) in [5, 5.41) is 7.89. The molecule has 0 unspecified atom stereocenters. The zero-order chi connectivity index (χ0) is 23.5. The van der Waals surface area contributed by atoms with E-state index in [-0.39, 0.29) is 11.2 Å². The van der Waals surface area contributed by atoms with Crippen molar-refractivity contribution in [2.75, 3.05) is 5.32 Å². The maximum Gasteiger partial charge on any atom is 0.162 e. The third-order valence-electron chi connectivity index (χ3n) is 7.10. The summed E-state index contributed by atoms with van der Waals surface area (Å²) in [6, 6.07) is 9.80. The summed E-state index contributed by atoms with van der Waals surface area (Å²) >= 11 is 0. The summed E-state index contributed by atoms with van der Waals surface area (Å²) in [6.07, 6.45) is 5.07. The molecule has 5 rings (SSSR count). The summed E-state index contributed by atoms with van der Waals surface area (Å²) < 4.78 is 16.3. The number of Topliss-reactive ketones (excluding diaryl/α,β-unsaturated/α-hetero) is 1. The Morgan fingerprint density at radius 2 is 2.00 bits per heavy atom. The van der Waals surface area contributed by atoms with E-state index in [1.165, 1.54) is 12.3 Å².